The van der Waals surface area contributed by atoms with E-state index < -0.39 is 6.04 Å². The van der Waals surface area contributed by atoms with Crippen molar-refractivity contribution in [2.45, 2.75) is 13.0 Å². The number of benzene rings is 2. The van der Waals surface area contributed by atoms with E-state index in [2.05, 4.69) is 0 Å². The zero-order valence-corrected chi connectivity index (χ0v) is 11.7. The summed E-state index contributed by atoms with van der Waals surface area (Å²) in [5, 5.41) is 0. The van der Waals surface area contributed by atoms with Gasteiger partial charge in [-0.1, -0.05) is 17.7 Å². The first-order valence-electron chi connectivity index (χ1n) is 6.03. The van der Waals surface area contributed by atoms with Gasteiger partial charge < -0.3 is 5.73 Å². The lowest BCUT2D eigenvalue weighted by molar-refractivity contribution is -0.118. The third kappa shape index (κ3) is 2.17. The summed E-state index contributed by atoms with van der Waals surface area (Å²) in [4.78, 5) is 13.8. The smallest absolute Gasteiger partial charge is 0.253 e. The number of halogens is 2. The molecule has 2 N–H and O–H groups in total. The van der Waals surface area contributed by atoms with Crippen LogP contribution in [-0.4, -0.2) is 5.91 Å². The fourth-order valence-corrected chi connectivity index (χ4v) is 2.37. The van der Waals surface area contributed by atoms with Crippen molar-refractivity contribution >= 4 is 29.7 Å². The molecule has 1 unspecified atom stereocenters. The molecule has 2 aromatic carbocycles. The van der Waals surface area contributed by atoms with E-state index >= 15 is 0 Å². The summed E-state index contributed by atoms with van der Waals surface area (Å²) in [7, 11) is 0. The molecule has 1 heterocycles. The van der Waals surface area contributed by atoms with Crippen LogP contribution in [0.25, 0.3) is 0 Å². The van der Waals surface area contributed by atoms with Crippen molar-refractivity contribution < 1.29 is 9.18 Å². The van der Waals surface area contributed by atoms with Crippen LogP contribution in [-0.2, 0) is 4.79 Å². The molecular formula is C15H14ClFN2O. The average Bonchev–Trinajstić information content (AvgIpc) is 2.64. The molecule has 20 heavy (non-hydrogen) atoms. The van der Waals surface area contributed by atoms with Gasteiger partial charge in [0.25, 0.3) is 5.91 Å². The van der Waals surface area contributed by atoms with E-state index in [0.29, 0.717) is 5.69 Å². The molecule has 0 spiro atoms. The minimum absolute atomic E-state index is 0. The lowest BCUT2D eigenvalue weighted by Gasteiger charge is -2.17. The Bertz CT molecular complexity index is 657. The molecule has 2 aromatic rings. The fraction of sp³-hybridized carbons (Fsp3) is 0.133. The standard InChI is InChI=1S/C15H13FN2O.ClH/c1-9-2-7-13-12(8-9)14(17)15(19)18(13)11-5-3-10(16)4-6-11;/h2-8,14H,17H2,1H3;1H. The molecule has 0 radical (unpaired) electrons. The van der Waals surface area contributed by atoms with Crippen molar-refractivity contribution in [3.8, 4) is 0 Å². The lowest BCUT2D eigenvalue weighted by atomic mass is 10.1. The molecule has 0 fully saturated rings. The molecule has 1 amide bonds. The largest absolute Gasteiger partial charge is 0.316 e. The first kappa shape index (κ1) is 14.5. The number of hydrogen-bond donors (Lipinski definition) is 1. The molecule has 0 bridgehead atoms. The number of rotatable bonds is 1. The van der Waals surface area contributed by atoms with Crippen LogP contribution in [0.5, 0.6) is 0 Å². The summed E-state index contributed by atoms with van der Waals surface area (Å²) in [5.41, 5.74) is 9.23. The van der Waals surface area contributed by atoms with Crippen LogP contribution in [0, 0.1) is 12.7 Å². The van der Waals surface area contributed by atoms with E-state index in [1.54, 1.807) is 17.0 Å². The number of aryl methyl sites for hydroxylation is 1. The van der Waals surface area contributed by atoms with Crippen LogP contribution >= 0.6 is 12.4 Å². The highest BCUT2D eigenvalue weighted by atomic mass is 35.5. The molecule has 0 aromatic heterocycles. The van der Waals surface area contributed by atoms with Gasteiger partial charge in [-0.2, -0.15) is 0 Å². The Hall–Kier alpha value is -1.91. The van der Waals surface area contributed by atoms with Crippen LogP contribution in [0.2, 0.25) is 0 Å². The van der Waals surface area contributed by atoms with Gasteiger partial charge in [0.15, 0.2) is 0 Å². The number of fused-ring (bicyclic) bond motifs is 1. The third-order valence-corrected chi connectivity index (χ3v) is 3.33. The van der Waals surface area contributed by atoms with Gasteiger partial charge in [0.2, 0.25) is 0 Å². The quantitative estimate of drug-likeness (QED) is 0.877. The summed E-state index contributed by atoms with van der Waals surface area (Å²) in [6.07, 6.45) is 0. The predicted molar refractivity (Wildman–Crippen MR) is 78.9 cm³/mol. The van der Waals surface area contributed by atoms with Crippen molar-refractivity contribution in [2.24, 2.45) is 5.73 Å². The monoisotopic (exact) mass is 292 g/mol. The first-order valence-corrected chi connectivity index (χ1v) is 6.03. The van der Waals surface area contributed by atoms with E-state index in [1.165, 1.54) is 12.1 Å². The molecule has 1 atom stereocenters. The van der Waals surface area contributed by atoms with Gasteiger partial charge in [0.05, 0.1) is 5.69 Å². The number of nitrogens with two attached hydrogens (primary N) is 1. The number of nitrogens with zero attached hydrogens (tertiary/aromatic N) is 1. The third-order valence-electron chi connectivity index (χ3n) is 3.33. The Morgan fingerprint density at radius 2 is 1.80 bits per heavy atom. The summed E-state index contributed by atoms with van der Waals surface area (Å²) < 4.78 is 13.0. The van der Waals surface area contributed by atoms with Crippen molar-refractivity contribution in [1.82, 2.24) is 0 Å². The van der Waals surface area contributed by atoms with Gasteiger partial charge in [-0.3, -0.25) is 9.69 Å². The van der Waals surface area contributed by atoms with Gasteiger partial charge >= 0.3 is 0 Å². The van der Waals surface area contributed by atoms with E-state index in [9.17, 15) is 9.18 Å². The Labute approximate surface area is 122 Å². The minimum Gasteiger partial charge on any atom is -0.316 e. The van der Waals surface area contributed by atoms with E-state index in [4.69, 9.17) is 5.73 Å². The van der Waals surface area contributed by atoms with Crippen molar-refractivity contribution in [3.63, 3.8) is 0 Å². The van der Waals surface area contributed by atoms with E-state index in [1.807, 2.05) is 25.1 Å². The second kappa shape index (κ2) is 5.23. The molecular weight excluding hydrogens is 279 g/mol. The lowest BCUT2D eigenvalue weighted by Crippen LogP contribution is -2.27. The number of hydrogen-bond acceptors (Lipinski definition) is 2. The highest BCUT2D eigenvalue weighted by Crippen LogP contribution is 2.39. The Kier molecular flexibility index (Phi) is 3.79. The highest BCUT2D eigenvalue weighted by molar-refractivity contribution is 6.09. The average molecular weight is 293 g/mol. The Morgan fingerprint density at radius 1 is 1.15 bits per heavy atom. The van der Waals surface area contributed by atoms with Crippen LogP contribution in [0.3, 0.4) is 0 Å². The summed E-state index contributed by atoms with van der Waals surface area (Å²) >= 11 is 0. The number of amides is 1. The van der Waals surface area contributed by atoms with Gasteiger partial charge in [0, 0.05) is 11.3 Å². The zero-order chi connectivity index (χ0) is 13.6. The topological polar surface area (TPSA) is 46.3 Å². The van der Waals surface area contributed by atoms with Crippen molar-refractivity contribution in [3.05, 3.63) is 59.4 Å². The number of carbonyl (C=O) groups excluding carboxylic acids is 1. The second-order valence-corrected chi connectivity index (χ2v) is 4.69. The van der Waals surface area contributed by atoms with E-state index in [-0.39, 0.29) is 24.1 Å². The molecule has 5 heteroatoms. The van der Waals surface area contributed by atoms with Crippen molar-refractivity contribution in [1.29, 1.82) is 0 Å². The summed E-state index contributed by atoms with van der Waals surface area (Å²) in [6, 6.07) is 10.9. The minimum atomic E-state index is -0.653. The summed E-state index contributed by atoms with van der Waals surface area (Å²) in [5.74, 6) is -0.518. The number of carbonyl (C=O) groups is 1. The second-order valence-electron chi connectivity index (χ2n) is 4.69. The van der Waals surface area contributed by atoms with Crippen LogP contribution < -0.4 is 10.6 Å². The maximum absolute atomic E-state index is 13.0. The van der Waals surface area contributed by atoms with Crippen LogP contribution in [0.1, 0.15) is 17.2 Å². The maximum atomic E-state index is 13.0. The Morgan fingerprint density at radius 3 is 2.45 bits per heavy atom. The van der Waals surface area contributed by atoms with Crippen molar-refractivity contribution in [2.75, 3.05) is 4.90 Å². The fourth-order valence-electron chi connectivity index (χ4n) is 2.37. The normalized spacial score (nSPS) is 16.9. The SMILES string of the molecule is Cc1ccc2c(c1)C(N)C(=O)N2c1ccc(F)cc1.Cl. The maximum Gasteiger partial charge on any atom is 0.253 e. The predicted octanol–water partition coefficient (Wildman–Crippen LogP) is 3.23. The molecule has 3 rings (SSSR count). The Balaban J connectivity index is 0.00000147. The molecule has 0 saturated heterocycles. The molecule has 0 aliphatic carbocycles. The highest BCUT2D eigenvalue weighted by Gasteiger charge is 2.35. The molecule has 104 valence electrons. The van der Waals surface area contributed by atoms with Crippen LogP contribution in [0.15, 0.2) is 42.5 Å². The number of anilines is 2. The summed E-state index contributed by atoms with van der Waals surface area (Å²) in [6.45, 7) is 1.96. The van der Waals surface area contributed by atoms with Gasteiger partial charge in [-0.15, -0.1) is 12.4 Å². The van der Waals surface area contributed by atoms with Gasteiger partial charge in [-0.05, 0) is 37.3 Å². The van der Waals surface area contributed by atoms with E-state index in [0.717, 1.165) is 16.8 Å². The molecule has 1 aliphatic rings. The molecule has 1 aliphatic heterocycles. The molecule has 0 saturated carbocycles. The zero-order valence-electron chi connectivity index (χ0n) is 10.8. The van der Waals surface area contributed by atoms with Gasteiger partial charge in [0.1, 0.15) is 11.9 Å². The first-order chi connectivity index (χ1) is 9.08. The van der Waals surface area contributed by atoms with Gasteiger partial charge in [-0.25, -0.2) is 4.39 Å². The molecule has 3 nitrogen and oxygen atoms in total. The van der Waals surface area contributed by atoms with Crippen LogP contribution in [0.4, 0.5) is 15.8 Å².